The molecule has 0 bridgehead atoms. The minimum absolute atomic E-state index is 0.118. The molecule has 25 heavy (non-hydrogen) atoms. The second kappa shape index (κ2) is 6.25. The normalized spacial score (nSPS) is 24.6. The van der Waals surface area contributed by atoms with Crippen molar-refractivity contribution in [2.45, 2.75) is 58.3 Å². The minimum atomic E-state index is -0.455. The average Bonchev–Trinajstić information content (AvgIpc) is 3.10. The van der Waals surface area contributed by atoms with Crippen molar-refractivity contribution in [1.29, 1.82) is 0 Å². The van der Waals surface area contributed by atoms with Crippen LogP contribution in [0.3, 0.4) is 0 Å². The van der Waals surface area contributed by atoms with Gasteiger partial charge in [0.2, 0.25) is 11.9 Å². The van der Waals surface area contributed by atoms with Gasteiger partial charge >= 0.3 is 7.12 Å². The zero-order chi connectivity index (χ0) is 18.4. The fourth-order valence-corrected chi connectivity index (χ4v) is 3.12. The number of aromatic nitrogens is 2. The Hall–Kier alpha value is -1.67. The number of likely N-dealkylation sites (tertiary alicyclic amines) is 1. The number of anilines is 1. The van der Waals surface area contributed by atoms with E-state index in [0.717, 1.165) is 18.4 Å². The Balaban J connectivity index is 1.68. The predicted octanol–water partition coefficient (Wildman–Crippen LogP) is 0.833. The van der Waals surface area contributed by atoms with Crippen molar-refractivity contribution >= 4 is 24.4 Å². The molecule has 0 spiro atoms. The van der Waals surface area contributed by atoms with E-state index in [1.54, 1.807) is 19.3 Å². The maximum atomic E-state index is 11.5. The van der Waals surface area contributed by atoms with Gasteiger partial charge in [-0.05, 0) is 34.1 Å². The van der Waals surface area contributed by atoms with Crippen molar-refractivity contribution in [1.82, 2.24) is 14.9 Å². The first-order chi connectivity index (χ1) is 11.6. The summed E-state index contributed by atoms with van der Waals surface area (Å²) in [6, 6.07) is 0.242. The topological polar surface area (TPSA) is 67.8 Å². The van der Waals surface area contributed by atoms with Crippen LogP contribution in [0.5, 0.6) is 0 Å². The summed E-state index contributed by atoms with van der Waals surface area (Å²) in [4.78, 5) is 24.4. The van der Waals surface area contributed by atoms with Crippen LogP contribution in [-0.2, 0) is 14.1 Å². The van der Waals surface area contributed by atoms with Crippen molar-refractivity contribution in [2.75, 3.05) is 25.0 Å². The lowest BCUT2D eigenvalue weighted by molar-refractivity contribution is -0.127. The molecule has 2 aliphatic heterocycles. The van der Waals surface area contributed by atoms with Gasteiger partial charge in [-0.15, -0.1) is 0 Å². The van der Waals surface area contributed by atoms with E-state index in [4.69, 9.17) is 9.31 Å². The van der Waals surface area contributed by atoms with Gasteiger partial charge in [0.1, 0.15) is 0 Å². The van der Waals surface area contributed by atoms with E-state index >= 15 is 0 Å². The van der Waals surface area contributed by atoms with Crippen molar-refractivity contribution in [3.63, 3.8) is 0 Å². The molecule has 3 heterocycles. The average molecular weight is 346 g/mol. The van der Waals surface area contributed by atoms with Crippen LogP contribution in [0.1, 0.15) is 41.0 Å². The van der Waals surface area contributed by atoms with E-state index in [9.17, 15) is 4.79 Å². The monoisotopic (exact) mass is 346 g/mol. The number of hydrogen-bond donors (Lipinski definition) is 0. The zero-order valence-corrected chi connectivity index (χ0v) is 15.9. The maximum Gasteiger partial charge on any atom is 0.498 e. The molecule has 1 amide bonds. The van der Waals surface area contributed by atoms with Crippen LogP contribution in [0.15, 0.2) is 12.4 Å². The molecule has 1 atom stereocenters. The lowest BCUT2D eigenvalue weighted by Gasteiger charge is -2.32. The first kappa shape index (κ1) is 18.1. The summed E-state index contributed by atoms with van der Waals surface area (Å²) in [7, 11) is 1.52. The summed E-state index contributed by atoms with van der Waals surface area (Å²) >= 11 is 0. The molecule has 0 N–H and O–H groups in total. The molecule has 2 fully saturated rings. The lowest BCUT2D eigenvalue weighted by Crippen LogP contribution is -2.41. The van der Waals surface area contributed by atoms with Gasteiger partial charge in [-0.3, -0.25) is 4.79 Å². The SMILES string of the molecule is CC(=O)N1CC[C@@H](N(C)c2ncc(B3OC(C)(C)C(C)(C)O3)cn2)C1. The van der Waals surface area contributed by atoms with Gasteiger partial charge < -0.3 is 19.1 Å². The van der Waals surface area contributed by atoms with Gasteiger partial charge in [-0.25, -0.2) is 9.97 Å². The molecule has 2 saturated heterocycles. The minimum Gasteiger partial charge on any atom is -0.399 e. The Labute approximate surface area is 149 Å². The molecule has 0 saturated carbocycles. The van der Waals surface area contributed by atoms with E-state index in [-0.39, 0.29) is 23.2 Å². The Morgan fingerprint density at radius 1 is 1.24 bits per heavy atom. The Bertz CT molecular complexity index is 634. The second-order valence-corrected chi connectivity index (χ2v) is 7.92. The summed E-state index contributed by atoms with van der Waals surface area (Å²) < 4.78 is 12.1. The number of likely N-dealkylation sites (N-methyl/N-ethyl adjacent to an activating group) is 1. The first-order valence-corrected chi connectivity index (χ1v) is 8.76. The highest BCUT2D eigenvalue weighted by molar-refractivity contribution is 6.61. The van der Waals surface area contributed by atoms with Crippen LogP contribution in [0.25, 0.3) is 0 Å². The van der Waals surface area contributed by atoms with Crippen molar-refractivity contribution < 1.29 is 14.1 Å². The summed E-state index contributed by atoms with van der Waals surface area (Å²) in [5.41, 5.74) is 0.0489. The molecular weight excluding hydrogens is 319 g/mol. The Morgan fingerprint density at radius 3 is 2.28 bits per heavy atom. The summed E-state index contributed by atoms with van der Waals surface area (Å²) in [5.74, 6) is 0.767. The molecule has 0 radical (unpaired) electrons. The highest BCUT2D eigenvalue weighted by atomic mass is 16.7. The molecule has 8 heteroatoms. The van der Waals surface area contributed by atoms with Gasteiger partial charge in [0, 0.05) is 44.9 Å². The molecule has 7 nitrogen and oxygen atoms in total. The van der Waals surface area contributed by atoms with Gasteiger partial charge in [0.25, 0.3) is 0 Å². The van der Waals surface area contributed by atoms with Crippen LogP contribution in [0.4, 0.5) is 5.95 Å². The summed E-state index contributed by atoms with van der Waals surface area (Å²) in [6.45, 7) is 11.2. The second-order valence-electron chi connectivity index (χ2n) is 7.92. The largest absolute Gasteiger partial charge is 0.498 e. The third-order valence-electron chi connectivity index (χ3n) is 5.66. The number of nitrogens with zero attached hydrogens (tertiary/aromatic N) is 4. The molecule has 0 aromatic carbocycles. The van der Waals surface area contributed by atoms with E-state index in [2.05, 4.69) is 9.97 Å². The van der Waals surface area contributed by atoms with E-state index in [0.29, 0.717) is 12.5 Å². The number of carbonyl (C=O) groups excluding carboxylic acids is 1. The molecule has 3 rings (SSSR count). The molecule has 2 aliphatic rings. The highest BCUT2D eigenvalue weighted by Gasteiger charge is 2.52. The van der Waals surface area contributed by atoms with Gasteiger partial charge in [0.15, 0.2) is 0 Å². The van der Waals surface area contributed by atoms with Crippen LogP contribution in [0.2, 0.25) is 0 Å². The third-order valence-corrected chi connectivity index (χ3v) is 5.66. The summed E-state index contributed by atoms with van der Waals surface area (Å²) in [6.07, 6.45) is 4.45. The fourth-order valence-electron chi connectivity index (χ4n) is 3.12. The standard InChI is InChI=1S/C17H27BN4O3/c1-12(23)22-8-7-14(11-22)21(6)15-19-9-13(10-20-15)18-24-16(2,3)17(4,5)25-18/h9-10,14H,7-8,11H2,1-6H3/t14-/m1/s1. The molecule has 1 aromatic heterocycles. The molecular formula is C17H27BN4O3. The van der Waals surface area contributed by atoms with Gasteiger partial charge in [-0.2, -0.15) is 0 Å². The quantitative estimate of drug-likeness (QED) is 0.756. The fraction of sp³-hybridized carbons (Fsp3) is 0.706. The number of amides is 1. The molecule has 1 aromatic rings. The van der Waals surface area contributed by atoms with Crippen molar-refractivity contribution in [3.8, 4) is 0 Å². The smallest absolute Gasteiger partial charge is 0.399 e. The van der Waals surface area contributed by atoms with Crippen molar-refractivity contribution in [2.24, 2.45) is 0 Å². The van der Waals surface area contributed by atoms with Crippen LogP contribution in [-0.4, -0.2) is 65.3 Å². The summed E-state index contributed by atoms with van der Waals surface area (Å²) in [5, 5.41) is 0. The molecule has 0 aliphatic carbocycles. The maximum absolute atomic E-state index is 11.5. The Morgan fingerprint density at radius 2 is 1.80 bits per heavy atom. The van der Waals surface area contributed by atoms with Crippen LogP contribution >= 0.6 is 0 Å². The highest BCUT2D eigenvalue weighted by Crippen LogP contribution is 2.36. The number of rotatable bonds is 3. The predicted molar refractivity (Wildman–Crippen MR) is 96.8 cm³/mol. The van der Waals surface area contributed by atoms with Gasteiger partial charge in [-0.1, -0.05) is 0 Å². The van der Waals surface area contributed by atoms with Crippen LogP contribution in [0, 0.1) is 0 Å². The number of hydrogen-bond acceptors (Lipinski definition) is 6. The zero-order valence-electron chi connectivity index (χ0n) is 15.9. The molecule has 136 valence electrons. The third kappa shape index (κ3) is 3.37. The van der Waals surface area contributed by atoms with E-state index in [1.807, 2.05) is 44.5 Å². The first-order valence-electron chi connectivity index (χ1n) is 8.76. The molecule has 0 unspecified atom stereocenters. The number of carbonyl (C=O) groups is 1. The van der Waals surface area contributed by atoms with Crippen molar-refractivity contribution in [3.05, 3.63) is 12.4 Å². The van der Waals surface area contributed by atoms with Gasteiger partial charge in [0.05, 0.1) is 17.2 Å². The lowest BCUT2D eigenvalue weighted by atomic mass is 9.81. The Kier molecular flexibility index (Phi) is 4.53. The van der Waals surface area contributed by atoms with Crippen LogP contribution < -0.4 is 10.4 Å². The van der Waals surface area contributed by atoms with E-state index < -0.39 is 7.12 Å². The van der Waals surface area contributed by atoms with E-state index in [1.165, 1.54) is 0 Å².